The summed E-state index contributed by atoms with van der Waals surface area (Å²) in [6, 6.07) is 4.76. The minimum atomic E-state index is -0.00245. The zero-order chi connectivity index (χ0) is 16.7. The first kappa shape index (κ1) is 16.4. The lowest BCUT2D eigenvalue weighted by Crippen LogP contribution is -2.45. The third-order valence-corrected chi connectivity index (χ3v) is 8.46. The highest BCUT2D eigenvalue weighted by molar-refractivity contribution is 5.06. The fourth-order valence-corrected chi connectivity index (χ4v) is 6.92. The molecule has 2 nitrogen and oxygen atoms in total. The zero-order valence-electron chi connectivity index (χ0n) is 15.2. The maximum atomic E-state index is 9.55. The van der Waals surface area contributed by atoms with Gasteiger partial charge in [0.2, 0.25) is 0 Å². The first-order valence-electron chi connectivity index (χ1n) is 10.5. The van der Waals surface area contributed by atoms with Gasteiger partial charge in [0.25, 0.3) is 0 Å². The smallest absolute Gasteiger partial charge is 0.0669 e. The molecule has 4 aliphatic carbocycles. The van der Waals surface area contributed by atoms with Crippen molar-refractivity contribution in [2.45, 2.75) is 71.1 Å². The van der Waals surface area contributed by atoms with Gasteiger partial charge in [0.05, 0.1) is 24.5 Å². The summed E-state index contributed by atoms with van der Waals surface area (Å²) in [4.78, 5) is 0. The van der Waals surface area contributed by atoms with Crippen molar-refractivity contribution in [2.24, 2.45) is 53.3 Å². The first-order chi connectivity index (χ1) is 11.7. The van der Waals surface area contributed by atoms with Crippen molar-refractivity contribution >= 4 is 0 Å². The van der Waals surface area contributed by atoms with Crippen LogP contribution in [0.5, 0.6) is 0 Å². The Hall–Kier alpha value is -1.02. The fourth-order valence-electron chi connectivity index (χ4n) is 6.92. The Kier molecular flexibility index (Phi) is 4.60. The van der Waals surface area contributed by atoms with Crippen molar-refractivity contribution in [1.29, 1.82) is 10.5 Å². The molecule has 0 amide bonds. The summed E-state index contributed by atoms with van der Waals surface area (Å²) in [7, 11) is 0. The Balaban J connectivity index is 1.51. The van der Waals surface area contributed by atoms with Crippen LogP contribution in [0.1, 0.15) is 71.1 Å². The molecule has 4 saturated carbocycles. The lowest BCUT2D eigenvalue weighted by molar-refractivity contribution is -0.0252. The molecule has 0 heterocycles. The van der Waals surface area contributed by atoms with Crippen LogP contribution in [-0.4, -0.2) is 0 Å². The lowest BCUT2D eigenvalue weighted by Gasteiger charge is -2.51. The summed E-state index contributed by atoms with van der Waals surface area (Å²) in [6.07, 6.45) is 13.2. The highest BCUT2D eigenvalue weighted by Gasteiger charge is 2.53. The van der Waals surface area contributed by atoms with E-state index in [1.807, 2.05) is 0 Å². The van der Waals surface area contributed by atoms with Crippen LogP contribution in [-0.2, 0) is 0 Å². The van der Waals surface area contributed by atoms with Crippen LogP contribution in [0.2, 0.25) is 0 Å². The van der Waals surface area contributed by atoms with Crippen molar-refractivity contribution in [1.82, 2.24) is 0 Å². The topological polar surface area (TPSA) is 47.6 Å². The summed E-state index contributed by atoms with van der Waals surface area (Å²) in [5.41, 5.74) is 0. The Labute approximate surface area is 147 Å². The maximum Gasteiger partial charge on any atom is 0.0669 e. The Morgan fingerprint density at radius 1 is 0.875 bits per heavy atom. The van der Waals surface area contributed by atoms with Gasteiger partial charge < -0.3 is 0 Å². The standard InChI is InChI=1S/C22H32N2/c1-14-11-17(12-14)20-7-6-19(15-3-2-4-15)22(20)21-8-5-18(21)16(13-24)9-10-23/h14-22H,2-9,11-12H2,1H3/t14?,16-,17?,18+,19-,20?,21?,22+/m1/s1. The number of hydrogen-bond acceptors (Lipinski definition) is 2. The molecular formula is C22H32N2. The average Bonchev–Trinajstić information content (AvgIpc) is 2.84. The highest BCUT2D eigenvalue weighted by Crippen LogP contribution is 2.61. The number of nitriles is 2. The second-order valence-corrected chi connectivity index (χ2v) is 9.51. The van der Waals surface area contributed by atoms with Crippen LogP contribution in [0.25, 0.3) is 0 Å². The van der Waals surface area contributed by atoms with Gasteiger partial charge >= 0.3 is 0 Å². The molecular weight excluding hydrogens is 292 g/mol. The second-order valence-electron chi connectivity index (χ2n) is 9.51. The normalized spacial score (nSPS) is 46.0. The molecule has 0 aromatic carbocycles. The second kappa shape index (κ2) is 6.71. The van der Waals surface area contributed by atoms with Gasteiger partial charge in [0, 0.05) is 0 Å². The molecule has 0 bridgehead atoms. The van der Waals surface area contributed by atoms with Crippen molar-refractivity contribution < 1.29 is 0 Å². The molecule has 4 aliphatic rings. The van der Waals surface area contributed by atoms with Crippen molar-refractivity contribution in [3.8, 4) is 12.1 Å². The molecule has 0 N–H and O–H groups in total. The van der Waals surface area contributed by atoms with E-state index in [1.165, 1.54) is 57.8 Å². The largest absolute Gasteiger partial charge is 0.198 e. The van der Waals surface area contributed by atoms with Crippen LogP contribution in [0.3, 0.4) is 0 Å². The molecule has 2 heteroatoms. The Bertz CT molecular complexity index is 531. The van der Waals surface area contributed by atoms with E-state index in [1.54, 1.807) is 0 Å². The van der Waals surface area contributed by atoms with Gasteiger partial charge in [-0.3, -0.25) is 0 Å². The molecule has 0 saturated heterocycles. The van der Waals surface area contributed by atoms with E-state index in [4.69, 9.17) is 5.26 Å². The summed E-state index contributed by atoms with van der Waals surface area (Å²) in [5.74, 6) is 7.00. The van der Waals surface area contributed by atoms with E-state index < -0.39 is 0 Å². The molecule has 2 unspecified atom stereocenters. The van der Waals surface area contributed by atoms with Gasteiger partial charge in [-0.05, 0) is 85.9 Å². The number of nitrogens with zero attached hydrogens (tertiary/aromatic N) is 2. The number of hydrogen-bond donors (Lipinski definition) is 0. The van der Waals surface area contributed by atoms with Gasteiger partial charge in [0.15, 0.2) is 0 Å². The molecule has 4 rings (SSSR count). The van der Waals surface area contributed by atoms with Crippen LogP contribution in [0.4, 0.5) is 0 Å². The predicted molar refractivity (Wildman–Crippen MR) is 94.5 cm³/mol. The summed E-state index contributed by atoms with van der Waals surface area (Å²) in [6.45, 7) is 2.41. The van der Waals surface area contributed by atoms with Gasteiger partial charge in [-0.2, -0.15) is 10.5 Å². The van der Waals surface area contributed by atoms with Crippen molar-refractivity contribution in [3.63, 3.8) is 0 Å². The zero-order valence-corrected chi connectivity index (χ0v) is 15.2. The molecule has 0 spiro atoms. The van der Waals surface area contributed by atoms with Gasteiger partial charge in [-0.15, -0.1) is 0 Å². The third kappa shape index (κ3) is 2.67. The van der Waals surface area contributed by atoms with E-state index in [0.29, 0.717) is 12.3 Å². The van der Waals surface area contributed by atoms with Crippen molar-refractivity contribution in [3.05, 3.63) is 0 Å². The fraction of sp³-hybridized carbons (Fsp3) is 0.909. The van der Waals surface area contributed by atoms with Crippen molar-refractivity contribution in [2.75, 3.05) is 0 Å². The van der Waals surface area contributed by atoms with E-state index in [9.17, 15) is 5.26 Å². The molecule has 4 fully saturated rings. The SMILES string of the molecule is CC1CC(C2CC[C@H](C3CCC3)[C@@H]2C2CC[C@H]2[C@@H](C#N)CC#N)C1. The molecule has 0 aromatic rings. The summed E-state index contributed by atoms with van der Waals surface area (Å²) >= 11 is 0. The molecule has 0 aromatic heterocycles. The quantitative estimate of drug-likeness (QED) is 0.665. The Morgan fingerprint density at radius 2 is 1.54 bits per heavy atom. The van der Waals surface area contributed by atoms with Gasteiger partial charge in [-0.1, -0.05) is 26.2 Å². The minimum Gasteiger partial charge on any atom is -0.198 e. The molecule has 6 atom stereocenters. The van der Waals surface area contributed by atoms with Crippen LogP contribution >= 0.6 is 0 Å². The minimum absolute atomic E-state index is 0.00245. The summed E-state index contributed by atoms with van der Waals surface area (Å²) < 4.78 is 0. The highest BCUT2D eigenvalue weighted by atomic mass is 14.6. The predicted octanol–water partition coefficient (Wildman–Crippen LogP) is 5.55. The first-order valence-corrected chi connectivity index (χ1v) is 10.5. The number of rotatable bonds is 5. The Morgan fingerprint density at radius 3 is 2.00 bits per heavy atom. The average molecular weight is 325 g/mol. The van der Waals surface area contributed by atoms with E-state index in [-0.39, 0.29) is 5.92 Å². The van der Waals surface area contributed by atoms with Gasteiger partial charge in [-0.25, -0.2) is 0 Å². The molecule has 0 aliphatic heterocycles. The van der Waals surface area contributed by atoms with E-state index in [0.717, 1.165) is 41.4 Å². The lowest BCUT2D eigenvalue weighted by atomic mass is 9.53. The molecule has 0 radical (unpaired) electrons. The summed E-state index contributed by atoms with van der Waals surface area (Å²) in [5, 5.41) is 18.6. The molecule has 130 valence electrons. The molecule has 24 heavy (non-hydrogen) atoms. The van der Waals surface area contributed by atoms with E-state index in [2.05, 4.69) is 19.1 Å². The van der Waals surface area contributed by atoms with Crippen LogP contribution in [0.15, 0.2) is 0 Å². The van der Waals surface area contributed by atoms with E-state index >= 15 is 0 Å². The third-order valence-electron chi connectivity index (χ3n) is 8.46. The van der Waals surface area contributed by atoms with Crippen LogP contribution < -0.4 is 0 Å². The maximum absolute atomic E-state index is 9.55. The van der Waals surface area contributed by atoms with Gasteiger partial charge in [0.1, 0.15) is 0 Å². The van der Waals surface area contributed by atoms with Crippen LogP contribution in [0, 0.1) is 75.9 Å². The monoisotopic (exact) mass is 324 g/mol.